The number of hydrazine groups is 1. The van der Waals surface area contributed by atoms with E-state index in [4.69, 9.17) is 0 Å². The van der Waals surface area contributed by atoms with Gasteiger partial charge in [0.2, 0.25) is 5.91 Å². The maximum atomic E-state index is 12.2. The summed E-state index contributed by atoms with van der Waals surface area (Å²) in [7, 11) is 0. The molecule has 1 aliphatic rings. The van der Waals surface area contributed by atoms with Crippen LogP contribution in [0, 0.1) is 13.8 Å². The number of carbonyl (C=O) groups is 4. The standard InChI is InChI=1S/C20H19N3O4/c1-12-7-8-14(13(2)11-12)18(25)22-21-17(24)9-10-23-19(26)15-5-3-4-6-16(15)20(23)27/h3-8,11H,9-10H2,1-2H3,(H,21,24)(H,22,25). The molecule has 4 amide bonds. The Morgan fingerprint density at radius 3 is 2.15 bits per heavy atom. The number of amides is 4. The Kier molecular flexibility index (Phi) is 5.03. The van der Waals surface area contributed by atoms with Gasteiger partial charge in [0.15, 0.2) is 0 Å². The molecule has 0 aromatic heterocycles. The summed E-state index contributed by atoms with van der Waals surface area (Å²) < 4.78 is 0. The predicted molar refractivity (Wildman–Crippen MR) is 98.0 cm³/mol. The van der Waals surface area contributed by atoms with Crippen molar-refractivity contribution in [3.63, 3.8) is 0 Å². The summed E-state index contributed by atoms with van der Waals surface area (Å²) in [5, 5.41) is 0. The van der Waals surface area contributed by atoms with E-state index in [0.29, 0.717) is 16.7 Å². The number of hydrogen-bond donors (Lipinski definition) is 2. The number of aryl methyl sites for hydroxylation is 2. The Labute approximate surface area is 156 Å². The van der Waals surface area contributed by atoms with E-state index >= 15 is 0 Å². The van der Waals surface area contributed by atoms with E-state index in [1.54, 1.807) is 30.3 Å². The Hall–Kier alpha value is -3.48. The van der Waals surface area contributed by atoms with Gasteiger partial charge in [0.1, 0.15) is 0 Å². The average Bonchev–Trinajstić information content (AvgIpc) is 2.89. The molecule has 0 aliphatic carbocycles. The van der Waals surface area contributed by atoms with Gasteiger partial charge in [-0.2, -0.15) is 0 Å². The summed E-state index contributed by atoms with van der Waals surface area (Å²) in [4.78, 5) is 49.7. The lowest BCUT2D eigenvalue weighted by molar-refractivity contribution is -0.121. The van der Waals surface area contributed by atoms with Crippen molar-refractivity contribution in [3.05, 3.63) is 70.3 Å². The average molecular weight is 365 g/mol. The van der Waals surface area contributed by atoms with Crippen LogP contribution in [0.15, 0.2) is 42.5 Å². The third-order valence-corrected chi connectivity index (χ3v) is 4.38. The number of nitrogens with one attached hydrogen (secondary N) is 2. The van der Waals surface area contributed by atoms with Gasteiger partial charge in [0.05, 0.1) is 11.1 Å². The number of imide groups is 1. The Balaban J connectivity index is 1.53. The van der Waals surface area contributed by atoms with Crippen LogP contribution in [0.5, 0.6) is 0 Å². The fourth-order valence-electron chi connectivity index (χ4n) is 2.98. The highest BCUT2D eigenvalue weighted by Gasteiger charge is 2.34. The van der Waals surface area contributed by atoms with Crippen LogP contribution in [-0.4, -0.2) is 35.1 Å². The molecule has 1 aliphatic heterocycles. The zero-order chi connectivity index (χ0) is 19.6. The minimum Gasteiger partial charge on any atom is -0.274 e. The van der Waals surface area contributed by atoms with E-state index < -0.39 is 23.6 Å². The van der Waals surface area contributed by atoms with Gasteiger partial charge in [-0.15, -0.1) is 0 Å². The lowest BCUT2D eigenvalue weighted by atomic mass is 10.1. The molecule has 2 aromatic carbocycles. The molecule has 0 saturated heterocycles. The monoisotopic (exact) mass is 365 g/mol. The molecular formula is C20H19N3O4. The van der Waals surface area contributed by atoms with E-state index in [9.17, 15) is 19.2 Å². The summed E-state index contributed by atoms with van der Waals surface area (Å²) >= 11 is 0. The molecule has 0 atom stereocenters. The van der Waals surface area contributed by atoms with Gasteiger partial charge in [-0.25, -0.2) is 0 Å². The predicted octanol–water partition coefficient (Wildman–Crippen LogP) is 1.75. The molecule has 0 spiro atoms. The van der Waals surface area contributed by atoms with Gasteiger partial charge in [-0.1, -0.05) is 29.8 Å². The van der Waals surface area contributed by atoms with E-state index in [-0.39, 0.29) is 13.0 Å². The zero-order valence-electron chi connectivity index (χ0n) is 15.0. The molecule has 2 aromatic rings. The molecule has 27 heavy (non-hydrogen) atoms. The van der Waals surface area contributed by atoms with Crippen molar-refractivity contribution in [2.24, 2.45) is 0 Å². The van der Waals surface area contributed by atoms with Crippen LogP contribution >= 0.6 is 0 Å². The largest absolute Gasteiger partial charge is 0.274 e. The first-order chi connectivity index (χ1) is 12.9. The molecule has 7 heteroatoms. The Morgan fingerprint density at radius 1 is 0.926 bits per heavy atom. The second-order valence-corrected chi connectivity index (χ2v) is 6.38. The van der Waals surface area contributed by atoms with Crippen molar-refractivity contribution in [1.29, 1.82) is 0 Å². The second-order valence-electron chi connectivity index (χ2n) is 6.38. The van der Waals surface area contributed by atoms with Crippen molar-refractivity contribution in [2.45, 2.75) is 20.3 Å². The normalized spacial score (nSPS) is 12.7. The highest BCUT2D eigenvalue weighted by Crippen LogP contribution is 2.22. The topological polar surface area (TPSA) is 95.6 Å². The molecule has 0 unspecified atom stereocenters. The summed E-state index contributed by atoms with van der Waals surface area (Å²) in [5.41, 5.74) is 7.63. The smallest absolute Gasteiger partial charge is 0.269 e. The minimum atomic E-state index is -0.496. The minimum absolute atomic E-state index is 0.0579. The number of carbonyl (C=O) groups excluding carboxylic acids is 4. The fraction of sp³-hybridized carbons (Fsp3) is 0.200. The number of benzene rings is 2. The molecule has 1 heterocycles. The maximum Gasteiger partial charge on any atom is 0.269 e. The van der Waals surface area contributed by atoms with E-state index in [2.05, 4.69) is 10.9 Å². The van der Waals surface area contributed by atoms with Crippen molar-refractivity contribution >= 4 is 23.6 Å². The highest BCUT2D eigenvalue weighted by molar-refractivity contribution is 6.21. The van der Waals surface area contributed by atoms with Crippen molar-refractivity contribution in [2.75, 3.05) is 6.54 Å². The van der Waals surface area contributed by atoms with Crippen LogP contribution < -0.4 is 10.9 Å². The van der Waals surface area contributed by atoms with Crippen molar-refractivity contribution in [1.82, 2.24) is 15.8 Å². The van der Waals surface area contributed by atoms with E-state index in [1.807, 2.05) is 26.0 Å². The quantitative estimate of drug-likeness (QED) is 0.637. The van der Waals surface area contributed by atoms with E-state index in [0.717, 1.165) is 16.0 Å². The number of rotatable bonds is 4. The third-order valence-electron chi connectivity index (χ3n) is 4.38. The van der Waals surface area contributed by atoms with Gasteiger partial charge in [0, 0.05) is 18.5 Å². The van der Waals surface area contributed by atoms with E-state index in [1.165, 1.54) is 0 Å². The molecule has 7 nitrogen and oxygen atoms in total. The lowest BCUT2D eigenvalue weighted by Crippen LogP contribution is -2.43. The van der Waals surface area contributed by atoms with Crippen LogP contribution in [0.2, 0.25) is 0 Å². The van der Waals surface area contributed by atoms with Crippen LogP contribution in [0.4, 0.5) is 0 Å². The zero-order valence-corrected chi connectivity index (χ0v) is 15.0. The SMILES string of the molecule is Cc1ccc(C(=O)NNC(=O)CCN2C(=O)c3ccccc3C2=O)c(C)c1. The molecule has 2 N–H and O–H groups in total. The molecular weight excluding hydrogens is 346 g/mol. The molecule has 138 valence electrons. The van der Waals surface area contributed by atoms with Crippen LogP contribution in [0.25, 0.3) is 0 Å². The second kappa shape index (κ2) is 7.41. The van der Waals surface area contributed by atoms with Crippen LogP contribution in [0.3, 0.4) is 0 Å². The van der Waals surface area contributed by atoms with Gasteiger partial charge in [-0.05, 0) is 37.6 Å². The summed E-state index contributed by atoms with van der Waals surface area (Å²) in [5.74, 6) is -1.75. The third kappa shape index (κ3) is 3.72. The van der Waals surface area contributed by atoms with Gasteiger partial charge in [0.25, 0.3) is 17.7 Å². The van der Waals surface area contributed by atoms with Crippen LogP contribution in [-0.2, 0) is 4.79 Å². The molecule has 3 rings (SSSR count). The Bertz CT molecular complexity index is 917. The van der Waals surface area contributed by atoms with Gasteiger partial charge in [-0.3, -0.25) is 34.9 Å². The Morgan fingerprint density at radius 2 is 1.56 bits per heavy atom. The van der Waals surface area contributed by atoms with Crippen molar-refractivity contribution in [3.8, 4) is 0 Å². The van der Waals surface area contributed by atoms with Gasteiger partial charge >= 0.3 is 0 Å². The first kappa shape index (κ1) is 18.3. The van der Waals surface area contributed by atoms with Crippen LogP contribution in [0.1, 0.15) is 48.6 Å². The first-order valence-corrected chi connectivity index (χ1v) is 8.50. The fourth-order valence-corrected chi connectivity index (χ4v) is 2.98. The lowest BCUT2D eigenvalue weighted by Gasteiger charge is -2.14. The summed E-state index contributed by atoms with van der Waals surface area (Å²) in [6.07, 6.45) is -0.112. The number of fused-ring (bicyclic) bond motifs is 1. The highest BCUT2D eigenvalue weighted by atomic mass is 16.2. The van der Waals surface area contributed by atoms with Crippen molar-refractivity contribution < 1.29 is 19.2 Å². The molecule has 0 bridgehead atoms. The van der Waals surface area contributed by atoms with Gasteiger partial charge < -0.3 is 0 Å². The molecule has 0 fully saturated rings. The summed E-state index contributed by atoms with van der Waals surface area (Å²) in [6, 6.07) is 11.9. The summed E-state index contributed by atoms with van der Waals surface area (Å²) in [6.45, 7) is 3.68. The number of nitrogens with zero attached hydrogens (tertiary/aromatic N) is 1. The maximum absolute atomic E-state index is 12.2. The molecule has 0 radical (unpaired) electrons. The molecule has 0 saturated carbocycles. The first-order valence-electron chi connectivity index (χ1n) is 8.50. The number of hydrogen-bond acceptors (Lipinski definition) is 4.